The van der Waals surface area contributed by atoms with Crippen LogP contribution >= 0.6 is 0 Å². The predicted octanol–water partition coefficient (Wildman–Crippen LogP) is 2.24. The third-order valence-corrected chi connectivity index (χ3v) is 4.69. The summed E-state index contributed by atoms with van der Waals surface area (Å²) < 4.78 is 15.7. The summed E-state index contributed by atoms with van der Waals surface area (Å²) in [6.45, 7) is 3.09. The second-order valence-electron chi connectivity index (χ2n) is 6.45. The monoisotopic (exact) mass is 333 g/mol. The summed E-state index contributed by atoms with van der Waals surface area (Å²) in [5.41, 5.74) is 1.31. The van der Waals surface area contributed by atoms with Crippen molar-refractivity contribution in [2.24, 2.45) is 0 Å². The Bertz CT molecular complexity index is 669. The molecule has 6 nitrogen and oxygen atoms in total. The maximum atomic E-state index is 14.2. The van der Waals surface area contributed by atoms with E-state index in [0.717, 1.165) is 18.4 Å². The Labute approximate surface area is 141 Å². The Balaban J connectivity index is 1.84. The van der Waals surface area contributed by atoms with E-state index in [4.69, 9.17) is 0 Å². The number of hydrogen-bond donors (Lipinski definition) is 1. The lowest BCUT2D eigenvalue weighted by molar-refractivity contribution is 0.113. The highest BCUT2D eigenvalue weighted by Crippen LogP contribution is 2.24. The Morgan fingerprint density at radius 2 is 2.08 bits per heavy atom. The summed E-state index contributed by atoms with van der Waals surface area (Å²) >= 11 is 0. The van der Waals surface area contributed by atoms with Crippen LogP contribution in [0.15, 0.2) is 18.2 Å². The van der Waals surface area contributed by atoms with E-state index in [-0.39, 0.29) is 12.4 Å². The molecule has 0 saturated heterocycles. The van der Waals surface area contributed by atoms with Crippen LogP contribution < -0.4 is 0 Å². The average Bonchev–Trinajstić information content (AvgIpc) is 3.05. The topological polar surface area (TPSA) is 67.1 Å². The first-order chi connectivity index (χ1) is 11.7. The molecule has 1 aromatic heterocycles. The average molecular weight is 333 g/mol. The van der Waals surface area contributed by atoms with Gasteiger partial charge in [-0.1, -0.05) is 25.3 Å². The number of hydrogen-bond acceptors (Lipinski definition) is 5. The molecule has 0 atom stereocenters. The fourth-order valence-electron chi connectivity index (χ4n) is 3.42. The van der Waals surface area contributed by atoms with Crippen LogP contribution in [-0.2, 0) is 6.54 Å². The number of aliphatic hydroxyl groups excluding tert-OH is 1. The van der Waals surface area contributed by atoms with Crippen LogP contribution in [-0.4, -0.2) is 49.4 Å². The lowest BCUT2D eigenvalue weighted by atomic mass is 9.94. The third-order valence-electron chi connectivity index (χ3n) is 4.69. The van der Waals surface area contributed by atoms with E-state index in [2.05, 4.69) is 20.4 Å². The molecule has 0 bridgehead atoms. The van der Waals surface area contributed by atoms with Crippen molar-refractivity contribution in [3.63, 3.8) is 0 Å². The first-order valence-corrected chi connectivity index (χ1v) is 8.57. The number of aromatic nitrogens is 4. The van der Waals surface area contributed by atoms with E-state index in [1.54, 1.807) is 12.1 Å². The third kappa shape index (κ3) is 3.79. The zero-order valence-corrected chi connectivity index (χ0v) is 14.0. The standard InChI is InChI=1S/C17H24FN5O/c1-13-7-8-15(18)16(11-13)23-17(19-20-21-23)12-22(9-10-24)14-5-3-2-4-6-14/h7-8,11,14,24H,2-6,9-10,12H2,1H3. The fraction of sp³-hybridized carbons (Fsp3) is 0.588. The molecule has 1 fully saturated rings. The van der Waals surface area contributed by atoms with Gasteiger partial charge in [-0.3, -0.25) is 4.90 Å². The highest BCUT2D eigenvalue weighted by molar-refractivity contribution is 5.36. The van der Waals surface area contributed by atoms with Crippen LogP contribution in [0, 0.1) is 12.7 Å². The Morgan fingerprint density at radius 1 is 1.29 bits per heavy atom. The van der Waals surface area contributed by atoms with E-state index in [1.165, 1.54) is 30.0 Å². The highest BCUT2D eigenvalue weighted by atomic mass is 19.1. The Hall–Kier alpha value is -1.86. The zero-order valence-electron chi connectivity index (χ0n) is 14.0. The molecule has 1 aliphatic carbocycles. The summed E-state index contributed by atoms with van der Waals surface area (Å²) in [6, 6.07) is 5.33. The van der Waals surface area contributed by atoms with Crippen LogP contribution in [0.25, 0.3) is 5.69 Å². The lowest BCUT2D eigenvalue weighted by Crippen LogP contribution is -2.39. The maximum Gasteiger partial charge on any atom is 0.170 e. The Morgan fingerprint density at radius 3 is 2.83 bits per heavy atom. The van der Waals surface area contributed by atoms with Gasteiger partial charge in [-0.2, -0.15) is 4.68 Å². The van der Waals surface area contributed by atoms with Gasteiger partial charge in [0.2, 0.25) is 0 Å². The molecule has 2 aromatic rings. The summed E-state index contributed by atoms with van der Waals surface area (Å²) in [7, 11) is 0. The molecule has 1 aliphatic rings. The first kappa shape index (κ1) is 17.0. The first-order valence-electron chi connectivity index (χ1n) is 8.57. The molecule has 7 heteroatoms. The quantitative estimate of drug-likeness (QED) is 0.878. The van der Waals surface area contributed by atoms with Crippen molar-refractivity contribution in [2.75, 3.05) is 13.2 Å². The minimum Gasteiger partial charge on any atom is -0.395 e. The van der Waals surface area contributed by atoms with Gasteiger partial charge >= 0.3 is 0 Å². The largest absolute Gasteiger partial charge is 0.395 e. The van der Waals surface area contributed by atoms with Crippen molar-refractivity contribution < 1.29 is 9.50 Å². The molecular weight excluding hydrogens is 309 g/mol. The van der Waals surface area contributed by atoms with Crippen molar-refractivity contribution in [2.45, 2.75) is 51.6 Å². The smallest absolute Gasteiger partial charge is 0.170 e. The molecular formula is C17H24FN5O. The molecule has 0 amide bonds. The van der Waals surface area contributed by atoms with Crippen molar-refractivity contribution in [1.29, 1.82) is 0 Å². The van der Waals surface area contributed by atoms with Gasteiger partial charge in [-0.05, 0) is 47.9 Å². The van der Waals surface area contributed by atoms with E-state index in [9.17, 15) is 9.50 Å². The van der Waals surface area contributed by atoms with Gasteiger partial charge in [0.05, 0.1) is 13.2 Å². The number of rotatable bonds is 6. The Kier molecular flexibility index (Phi) is 5.52. The number of tetrazole rings is 1. The molecule has 130 valence electrons. The number of nitrogens with zero attached hydrogens (tertiary/aromatic N) is 5. The SMILES string of the molecule is Cc1ccc(F)c(-n2nnnc2CN(CCO)C2CCCCC2)c1. The molecule has 1 N–H and O–H groups in total. The van der Waals surface area contributed by atoms with Crippen molar-refractivity contribution in [1.82, 2.24) is 25.1 Å². The molecule has 3 rings (SSSR count). The van der Waals surface area contributed by atoms with Crippen LogP contribution in [0.2, 0.25) is 0 Å². The molecule has 0 spiro atoms. The summed E-state index contributed by atoms with van der Waals surface area (Å²) in [6.07, 6.45) is 5.95. The minimum atomic E-state index is -0.347. The van der Waals surface area contributed by atoms with Crippen LogP contribution in [0.1, 0.15) is 43.5 Å². The number of aliphatic hydroxyl groups is 1. The van der Waals surface area contributed by atoms with Crippen LogP contribution in [0.3, 0.4) is 0 Å². The minimum absolute atomic E-state index is 0.0941. The predicted molar refractivity (Wildman–Crippen MR) is 88.2 cm³/mol. The zero-order chi connectivity index (χ0) is 16.9. The van der Waals surface area contributed by atoms with Gasteiger partial charge in [0.15, 0.2) is 5.82 Å². The van der Waals surface area contributed by atoms with Gasteiger partial charge in [-0.15, -0.1) is 5.10 Å². The van der Waals surface area contributed by atoms with E-state index in [1.807, 2.05) is 6.92 Å². The highest BCUT2D eigenvalue weighted by Gasteiger charge is 2.23. The van der Waals surface area contributed by atoms with Crippen LogP contribution in [0.5, 0.6) is 0 Å². The molecule has 1 aromatic carbocycles. The summed E-state index contributed by atoms with van der Waals surface area (Å²) in [5.74, 6) is 0.249. The van der Waals surface area contributed by atoms with Gasteiger partial charge in [-0.25, -0.2) is 4.39 Å². The second kappa shape index (κ2) is 7.81. The van der Waals surface area contributed by atoms with Gasteiger partial charge in [0.25, 0.3) is 0 Å². The van der Waals surface area contributed by atoms with Gasteiger partial charge in [0, 0.05) is 12.6 Å². The van der Waals surface area contributed by atoms with Crippen molar-refractivity contribution in [3.05, 3.63) is 35.4 Å². The van der Waals surface area contributed by atoms with E-state index in [0.29, 0.717) is 30.6 Å². The normalized spacial score (nSPS) is 16.0. The second-order valence-corrected chi connectivity index (χ2v) is 6.45. The fourth-order valence-corrected chi connectivity index (χ4v) is 3.42. The van der Waals surface area contributed by atoms with Gasteiger partial charge in [0.1, 0.15) is 11.5 Å². The van der Waals surface area contributed by atoms with Gasteiger partial charge < -0.3 is 5.11 Å². The maximum absolute atomic E-state index is 14.2. The molecule has 0 unspecified atom stereocenters. The van der Waals surface area contributed by atoms with Crippen LogP contribution in [0.4, 0.5) is 4.39 Å². The molecule has 1 heterocycles. The summed E-state index contributed by atoms with van der Waals surface area (Å²) in [4.78, 5) is 2.22. The molecule has 0 radical (unpaired) electrons. The lowest BCUT2D eigenvalue weighted by Gasteiger charge is -2.33. The molecule has 1 saturated carbocycles. The summed E-state index contributed by atoms with van der Waals surface area (Å²) in [5, 5.41) is 21.2. The van der Waals surface area contributed by atoms with Crippen molar-refractivity contribution >= 4 is 0 Å². The number of aryl methyl sites for hydroxylation is 1. The molecule has 24 heavy (non-hydrogen) atoms. The molecule has 0 aliphatic heterocycles. The number of benzene rings is 1. The van der Waals surface area contributed by atoms with E-state index >= 15 is 0 Å². The van der Waals surface area contributed by atoms with E-state index < -0.39 is 0 Å². The number of halogens is 1. The van der Waals surface area contributed by atoms with Crippen molar-refractivity contribution in [3.8, 4) is 5.69 Å².